The average molecular weight is 379 g/mol. The van der Waals surface area contributed by atoms with Gasteiger partial charge >= 0.3 is 0 Å². The molecular formula is C21H25N5O2. The molecule has 1 N–H and O–H groups in total. The van der Waals surface area contributed by atoms with Crippen molar-refractivity contribution in [1.82, 2.24) is 19.9 Å². The van der Waals surface area contributed by atoms with Gasteiger partial charge in [0, 0.05) is 25.7 Å². The molecule has 0 atom stereocenters. The molecule has 0 bridgehead atoms. The summed E-state index contributed by atoms with van der Waals surface area (Å²) in [6.45, 7) is 6.92. The number of hydrogen-bond donors (Lipinski definition) is 1. The van der Waals surface area contributed by atoms with Crippen LogP contribution in [0.2, 0.25) is 0 Å². The number of nitrogens with zero attached hydrogens (tertiary/aromatic N) is 4. The van der Waals surface area contributed by atoms with Crippen molar-refractivity contribution in [3.8, 4) is 5.75 Å². The van der Waals surface area contributed by atoms with Crippen LogP contribution in [0.4, 0.5) is 5.82 Å². The normalized spacial score (nSPS) is 13.9. The molecule has 7 heteroatoms. The van der Waals surface area contributed by atoms with Crippen molar-refractivity contribution in [1.29, 1.82) is 0 Å². The number of benzene rings is 1. The van der Waals surface area contributed by atoms with Gasteiger partial charge in [0.05, 0.1) is 18.5 Å². The van der Waals surface area contributed by atoms with Gasteiger partial charge in [-0.15, -0.1) is 0 Å². The Bertz CT molecular complexity index is 992. The SMILES string of the molecule is CCOc1cccc(CNC(=O)c2cc3c(N4CCCC4)nc(C)cn3n2)c1. The van der Waals surface area contributed by atoms with E-state index in [1.165, 1.54) is 12.8 Å². The van der Waals surface area contributed by atoms with Crippen molar-refractivity contribution in [2.24, 2.45) is 0 Å². The summed E-state index contributed by atoms with van der Waals surface area (Å²) in [6, 6.07) is 9.56. The van der Waals surface area contributed by atoms with E-state index in [1.54, 1.807) is 4.52 Å². The molecule has 2 aromatic heterocycles. The fourth-order valence-electron chi connectivity index (χ4n) is 3.55. The zero-order valence-electron chi connectivity index (χ0n) is 16.3. The summed E-state index contributed by atoms with van der Waals surface area (Å²) in [7, 11) is 0. The molecule has 1 amide bonds. The minimum Gasteiger partial charge on any atom is -0.494 e. The lowest BCUT2D eigenvalue weighted by Crippen LogP contribution is -2.23. The third-order valence-electron chi connectivity index (χ3n) is 4.86. The van der Waals surface area contributed by atoms with Crippen LogP contribution in [0.1, 0.15) is 41.5 Å². The van der Waals surface area contributed by atoms with Gasteiger partial charge in [0.2, 0.25) is 0 Å². The smallest absolute Gasteiger partial charge is 0.272 e. The molecule has 7 nitrogen and oxygen atoms in total. The lowest BCUT2D eigenvalue weighted by Gasteiger charge is -2.17. The van der Waals surface area contributed by atoms with E-state index in [-0.39, 0.29) is 5.91 Å². The van der Waals surface area contributed by atoms with Gasteiger partial charge in [-0.2, -0.15) is 5.10 Å². The monoisotopic (exact) mass is 379 g/mol. The van der Waals surface area contributed by atoms with Crippen molar-refractivity contribution < 1.29 is 9.53 Å². The molecule has 3 aromatic rings. The van der Waals surface area contributed by atoms with Crippen molar-refractivity contribution in [2.75, 3.05) is 24.6 Å². The topological polar surface area (TPSA) is 71.8 Å². The van der Waals surface area contributed by atoms with E-state index in [1.807, 2.05) is 50.4 Å². The lowest BCUT2D eigenvalue weighted by atomic mass is 10.2. The number of amides is 1. The summed E-state index contributed by atoms with van der Waals surface area (Å²) in [6.07, 6.45) is 4.20. The second-order valence-corrected chi connectivity index (χ2v) is 7.02. The Morgan fingerprint density at radius 1 is 1.25 bits per heavy atom. The molecule has 28 heavy (non-hydrogen) atoms. The predicted molar refractivity (Wildman–Crippen MR) is 108 cm³/mol. The molecule has 0 unspecified atom stereocenters. The molecule has 1 fully saturated rings. The number of hydrogen-bond acceptors (Lipinski definition) is 5. The van der Waals surface area contributed by atoms with E-state index in [0.717, 1.165) is 41.4 Å². The third kappa shape index (κ3) is 3.78. The Morgan fingerprint density at radius 3 is 2.86 bits per heavy atom. The fourth-order valence-corrected chi connectivity index (χ4v) is 3.55. The van der Waals surface area contributed by atoms with Crippen LogP contribution in [-0.4, -0.2) is 40.2 Å². The largest absolute Gasteiger partial charge is 0.494 e. The maximum absolute atomic E-state index is 12.7. The van der Waals surface area contributed by atoms with Crippen LogP contribution >= 0.6 is 0 Å². The number of aryl methyl sites for hydroxylation is 1. The van der Waals surface area contributed by atoms with Gasteiger partial charge in [0.25, 0.3) is 5.91 Å². The molecule has 0 aliphatic carbocycles. The van der Waals surface area contributed by atoms with E-state index in [9.17, 15) is 4.79 Å². The highest BCUT2D eigenvalue weighted by molar-refractivity contribution is 5.94. The van der Waals surface area contributed by atoms with Crippen LogP contribution in [0.5, 0.6) is 5.75 Å². The summed E-state index contributed by atoms with van der Waals surface area (Å²) in [4.78, 5) is 19.6. The van der Waals surface area contributed by atoms with Gasteiger partial charge in [0.1, 0.15) is 11.3 Å². The molecule has 0 radical (unpaired) electrons. The number of fused-ring (bicyclic) bond motifs is 1. The van der Waals surface area contributed by atoms with Gasteiger partial charge in [-0.05, 0) is 44.4 Å². The number of anilines is 1. The molecule has 146 valence electrons. The molecule has 4 rings (SSSR count). The zero-order valence-corrected chi connectivity index (χ0v) is 16.3. The number of nitrogens with one attached hydrogen (secondary N) is 1. The number of carbonyl (C=O) groups is 1. The molecule has 0 saturated carbocycles. The summed E-state index contributed by atoms with van der Waals surface area (Å²) in [5.74, 6) is 1.52. The third-order valence-corrected chi connectivity index (χ3v) is 4.86. The van der Waals surface area contributed by atoms with E-state index in [2.05, 4.69) is 15.3 Å². The van der Waals surface area contributed by atoms with Crippen LogP contribution in [0.15, 0.2) is 36.5 Å². The van der Waals surface area contributed by atoms with Crippen molar-refractivity contribution >= 4 is 17.2 Å². The maximum Gasteiger partial charge on any atom is 0.272 e. The Hall–Kier alpha value is -3.09. The first-order chi connectivity index (χ1) is 13.6. The van der Waals surface area contributed by atoms with E-state index in [4.69, 9.17) is 9.72 Å². The highest BCUT2D eigenvalue weighted by atomic mass is 16.5. The second kappa shape index (κ2) is 7.88. The van der Waals surface area contributed by atoms with Crippen molar-refractivity contribution in [3.05, 3.63) is 53.5 Å². The highest BCUT2D eigenvalue weighted by Crippen LogP contribution is 2.24. The predicted octanol–water partition coefficient (Wildman–Crippen LogP) is 2.97. The molecule has 1 aliphatic heterocycles. The van der Waals surface area contributed by atoms with Crippen LogP contribution in [-0.2, 0) is 6.54 Å². The van der Waals surface area contributed by atoms with Crippen LogP contribution in [0, 0.1) is 6.92 Å². The summed E-state index contributed by atoms with van der Waals surface area (Å²) < 4.78 is 7.28. The molecular weight excluding hydrogens is 354 g/mol. The van der Waals surface area contributed by atoms with Gasteiger partial charge < -0.3 is 15.0 Å². The Morgan fingerprint density at radius 2 is 2.07 bits per heavy atom. The molecule has 0 spiro atoms. The molecule has 1 saturated heterocycles. The standard InChI is InChI=1S/C21H25N5O2/c1-3-28-17-8-6-7-16(11-17)13-22-21(27)18-12-19-20(25-9-4-5-10-25)23-15(2)14-26(19)24-18/h6-8,11-12,14H,3-5,9-10,13H2,1-2H3,(H,22,27). The Labute approximate surface area is 164 Å². The molecule has 1 aromatic carbocycles. The van der Waals surface area contributed by atoms with Gasteiger partial charge in [-0.25, -0.2) is 9.50 Å². The van der Waals surface area contributed by atoms with Gasteiger partial charge in [0.15, 0.2) is 11.5 Å². The van der Waals surface area contributed by atoms with Crippen LogP contribution in [0.25, 0.3) is 5.52 Å². The number of aromatic nitrogens is 3. The Kier molecular flexibility index (Phi) is 5.14. The van der Waals surface area contributed by atoms with Crippen molar-refractivity contribution in [3.63, 3.8) is 0 Å². The highest BCUT2D eigenvalue weighted by Gasteiger charge is 2.20. The number of ether oxygens (including phenoxy) is 1. The van der Waals surface area contributed by atoms with Gasteiger partial charge in [-0.1, -0.05) is 12.1 Å². The first-order valence-electron chi connectivity index (χ1n) is 9.76. The Balaban J connectivity index is 1.53. The average Bonchev–Trinajstić information content (AvgIpc) is 3.36. The second-order valence-electron chi connectivity index (χ2n) is 7.02. The minimum absolute atomic E-state index is 0.199. The zero-order chi connectivity index (χ0) is 19.5. The van der Waals surface area contributed by atoms with E-state index < -0.39 is 0 Å². The minimum atomic E-state index is -0.199. The van der Waals surface area contributed by atoms with Gasteiger partial charge in [-0.3, -0.25) is 4.79 Å². The first-order valence-corrected chi connectivity index (χ1v) is 9.76. The lowest BCUT2D eigenvalue weighted by molar-refractivity contribution is 0.0945. The van der Waals surface area contributed by atoms with Crippen LogP contribution < -0.4 is 15.0 Å². The fraction of sp³-hybridized carbons (Fsp3) is 0.381. The number of carbonyl (C=O) groups excluding carboxylic acids is 1. The summed E-state index contributed by atoms with van der Waals surface area (Å²) in [5, 5.41) is 7.42. The first kappa shape index (κ1) is 18.3. The molecule has 3 heterocycles. The summed E-state index contributed by atoms with van der Waals surface area (Å²) >= 11 is 0. The molecule has 1 aliphatic rings. The van der Waals surface area contributed by atoms with Crippen molar-refractivity contribution in [2.45, 2.75) is 33.2 Å². The summed E-state index contributed by atoms with van der Waals surface area (Å²) in [5.41, 5.74) is 3.14. The van der Waals surface area contributed by atoms with E-state index >= 15 is 0 Å². The number of rotatable bonds is 6. The quantitative estimate of drug-likeness (QED) is 0.713. The van der Waals surface area contributed by atoms with Crippen LogP contribution in [0.3, 0.4) is 0 Å². The van der Waals surface area contributed by atoms with E-state index in [0.29, 0.717) is 18.8 Å². The maximum atomic E-state index is 12.7.